The third-order valence-electron chi connectivity index (χ3n) is 2.72. The summed E-state index contributed by atoms with van der Waals surface area (Å²) in [6, 6.07) is 6.56. The van der Waals surface area contributed by atoms with E-state index < -0.39 is 12.0 Å². The molecule has 0 spiro atoms. The van der Waals surface area contributed by atoms with E-state index in [1.165, 1.54) is 4.90 Å². The number of carbonyl (C=O) groups is 2. The number of hydrogen-bond acceptors (Lipinski definition) is 3. The normalized spacial score (nSPS) is 12.2. The SMILES string of the molecule is CCC(C(=O)O)N(C)CC(=O)Nc1ccc(Br)cc1. The van der Waals surface area contributed by atoms with Gasteiger partial charge in [0.15, 0.2) is 0 Å². The zero-order chi connectivity index (χ0) is 14.4. The fourth-order valence-corrected chi connectivity index (χ4v) is 2.01. The second-order valence-corrected chi connectivity index (χ2v) is 5.15. The van der Waals surface area contributed by atoms with Crippen molar-refractivity contribution in [2.75, 3.05) is 18.9 Å². The van der Waals surface area contributed by atoms with Crippen molar-refractivity contribution in [2.24, 2.45) is 0 Å². The molecule has 0 aliphatic carbocycles. The summed E-state index contributed by atoms with van der Waals surface area (Å²) in [6.45, 7) is 1.82. The molecule has 0 saturated heterocycles. The number of hydrogen-bond donors (Lipinski definition) is 2. The van der Waals surface area contributed by atoms with Crippen LogP contribution in [0.5, 0.6) is 0 Å². The average Bonchev–Trinajstić information content (AvgIpc) is 2.32. The topological polar surface area (TPSA) is 69.6 Å². The van der Waals surface area contributed by atoms with Crippen LogP contribution in [0.1, 0.15) is 13.3 Å². The Bertz CT molecular complexity index is 448. The molecule has 1 atom stereocenters. The summed E-state index contributed by atoms with van der Waals surface area (Å²) in [5, 5.41) is 11.7. The van der Waals surface area contributed by atoms with Crippen LogP contribution in [0.15, 0.2) is 28.7 Å². The number of halogens is 1. The number of likely N-dealkylation sites (N-methyl/N-ethyl adjacent to an activating group) is 1. The zero-order valence-electron chi connectivity index (χ0n) is 10.9. The largest absolute Gasteiger partial charge is 0.480 e. The van der Waals surface area contributed by atoms with Gasteiger partial charge in [-0.05, 0) is 37.7 Å². The van der Waals surface area contributed by atoms with Crippen LogP contribution >= 0.6 is 15.9 Å². The lowest BCUT2D eigenvalue weighted by Gasteiger charge is -2.22. The van der Waals surface area contributed by atoms with Gasteiger partial charge in [-0.25, -0.2) is 0 Å². The van der Waals surface area contributed by atoms with E-state index in [2.05, 4.69) is 21.2 Å². The molecular formula is C13H17BrN2O3. The van der Waals surface area contributed by atoms with Gasteiger partial charge in [-0.15, -0.1) is 0 Å². The van der Waals surface area contributed by atoms with Gasteiger partial charge < -0.3 is 10.4 Å². The molecule has 104 valence electrons. The quantitative estimate of drug-likeness (QED) is 0.839. The lowest BCUT2D eigenvalue weighted by molar-refractivity contribution is -0.143. The Hall–Kier alpha value is -1.40. The van der Waals surface area contributed by atoms with Crippen molar-refractivity contribution < 1.29 is 14.7 Å². The molecule has 1 unspecified atom stereocenters. The van der Waals surface area contributed by atoms with Crippen LogP contribution in [0.25, 0.3) is 0 Å². The molecule has 0 bridgehead atoms. The number of carbonyl (C=O) groups excluding carboxylic acids is 1. The highest BCUT2D eigenvalue weighted by Crippen LogP contribution is 2.14. The first-order chi connectivity index (χ1) is 8.93. The van der Waals surface area contributed by atoms with E-state index in [1.54, 1.807) is 26.1 Å². The Kier molecular flexibility index (Phi) is 5.98. The predicted molar refractivity (Wildman–Crippen MR) is 77.1 cm³/mol. The number of nitrogens with one attached hydrogen (secondary N) is 1. The first-order valence-electron chi connectivity index (χ1n) is 5.92. The van der Waals surface area contributed by atoms with Crippen LogP contribution in [0.2, 0.25) is 0 Å². The highest BCUT2D eigenvalue weighted by Gasteiger charge is 2.22. The fraction of sp³-hybridized carbons (Fsp3) is 0.385. The van der Waals surface area contributed by atoms with Crippen molar-refractivity contribution in [1.82, 2.24) is 4.90 Å². The molecule has 2 N–H and O–H groups in total. The number of amides is 1. The van der Waals surface area contributed by atoms with E-state index in [0.29, 0.717) is 12.1 Å². The lowest BCUT2D eigenvalue weighted by atomic mass is 10.2. The summed E-state index contributed by atoms with van der Waals surface area (Å²) in [5.41, 5.74) is 0.685. The van der Waals surface area contributed by atoms with Crippen LogP contribution in [-0.2, 0) is 9.59 Å². The van der Waals surface area contributed by atoms with Gasteiger partial charge in [0.1, 0.15) is 6.04 Å². The molecule has 1 aromatic carbocycles. The Morgan fingerprint density at radius 1 is 1.37 bits per heavy atom. The van der Waals surface area contributed by atoms with Crippen molar-refractivity contribution in [2.45, 2.75) is 19.4 Å². The minimum Gasteiger partial charge on any atom is -0.480 e. The summed E-state index contributed by atoms with van der Waals surface area (Å²) in [4.78, 5) is 24.3. The fourth-order valence-electron chi connectivity index (χ4n) is 1.75. The number of carboxylic acids is 1. The van der Waals surface area contributed by atoms with E-state index in [1.807, 2.05) is 12.1 Å². The maximum Gasteiger partial charge on any atom is 0.320 e. The average molecular weight is 329 g/mol. The van der Waals surface area contributed by atoms with Crippen LogP contribution in [0.4, 0.5) is 5.69 Å². The molecular weight excluding hydrogens is 312 g/mol. The number of anilines is 1. The van der Waals surface area contributed by atoms with Crippen molar-refractivity contribution >= 4 is 33.5 Å². The molecule has 0 fully saturated rings. The van der Waals surface area contributed by atoms with Gasteiger partial charge in [0, 0.05) is 10.2 Å². The Morgan fingerprint density at radius 2 is 1.95 bits per heavy atom. The van der Waals surface area contributed by atoms with Gasteiger partial charge in [0.2, 0.25) is 5.91 Å². The smallest absolute Gasteiger partial charge is 0.320 e. The van der Waals surface area contributed by atoms with Crippen LogP contribution in [-0.4, -0.2) is 41.5 Å². The minimum absolute atomic E-state index is 0.0425. The van der Waals surface area contributed by atoms with Crippen molar-refractivity contribution in [3.05, 3.63) is 28.7 Å². The second-order valence-electron chi connectivity index (χ2n) is 4.23. The predicted octanol–water partition coefficient (Wildman–Crippen LogP) is 2.18. The Balaban J connectivity index is 2.55. The third-order valence-corrected chi connectivity index (χ3v) is 3.25. The van der Waals surface area contributed by atoms with Gasteiger partial charge in [-0.1, -0.05) is 22.9 Å². The summed E-state index contributed by atoms with van der Waals surface area (Å²) in [6.07, 6.45) is 0.456. The highest BCUT2D eigenvalue weighted by atomic mass is 79.9. The van der Waals surface area contributed by atoms with Gasteiger partial charge in [-0.3, -0.25) is 14.5 Å². The Morgan fingerprint density at radius 3 is 2.42 bits per heavy atom. The molecule has 0 heterocycles. The van der Waals surface area contributed by atoms with Crippen LogP contribution in [0, 0.1) is 0 Å². The summed E-state index contributed by atoms with van der Waals surface area (Å²) in [7, 11) is 1.63. The van der Waals surface area contributed by atoms with Gasteiger partial charge in [0.25, 0.3) is 0 Å². The Labute approximate surface area is 120 Å². The first kappa shape index (κ1) is 15.7. The molecule has 5 nitrogen and oxygen atoms in total. The molecule has 1 aromatic rings. The van der Waals surface area contributed by atoms with Crippen molar-refractivity contribution in [3.8, 4) is 0 Å². The van der Waals surface area contributed by atoms with Crippen molar-refractivity contribution in [1.29, 1.82) is 0 Å². The standard InChI is InChI=1S/C13H17BrN2O3/c1-3-11(13(18)19)16(2)8-12(17)15-10-6-4-9(14)5-7-10/h4-7,11H,3,8H2,1-2H3,(H,15,17)(H,18,19). The van der Waals surface area contributed by atoms with Crippen LogP contribution in [0.3, 0.4) is 0 Å². The molecule has 0 aliphatic rings. The maximum atomic E-state index is 11.8. The molecule has 1 rings (SSSR count). The molecule has 6 heteroatoms. The molecule has 1 amide bonds. The van der Waals surface area contributed by atoms with E-state index in [0.717, 1.165) is 4.47 Å². The van der Waals surface area contributed by atoms with E-state index >= 15 is 0 Å². The second kappa shape index (κ2) is 7.25. The highest BCUT2D eigenvalue weighted by molar-refractivity contribution is 9.10. The van der Waals surface area contributed by atoms with E-state index in [9.17, 15) is 9.59 Å². The number of rotatable bonds is 6. The van der Waals surface area contributed by atoms with E-state index in [-0.39, 0.29) is 12.5 Å². The summed E-state index contributed by atoms with van der Waals surface area (Å²) < 4.78 is 0.930. The zero-order valence-corrected chi connectivity index (χ0v) is 12.5. The summed E-state index contributed by atoms with van der Waals surface area (Å²) >= 11 is 3.31. The molecule has 0 radical (unpaired) electrons. The number of nitrogens with zero attached hydrogens (tertiary/aromatic N) is 1. The maximum absolute atomic E-state index is 11.8. The molecule has 0 aliphatic heterocycles. The van der Waals surface area contributed by atoms with Crippen LogP contribution < -0.4 is 5.32 Å². The third kappa shape index (κ3) is 5.00. The molecule has 0 aromatic heterocycles. The number of aliphatic carboxylic acids is 1. The minimum atomic E-state index is -0.915. The molecule has 19 heavy (non-hydrogen) atoms. The first-order valence-corrected chi connectivity index (χ1v) is 6.71. The van der Waals surface area contributed by atoms with Gasteiger partial charge >= 0.3 is 5.97 Å². The number of benzene rings is 1. The van der Waals surface area contributed by atoms with E-state index in [4.69, 9.17) is 5.11 Å². The van der Waals surface area contributed by atoms with Crippen molar-refractivity contribution in [3.63, 3.8) is 0 Å². The lowest BCUT2D eigenvalue weighted by Crippen LogP contribution is -2.42. The van der Waals surface area contributed by atoms with Gasteiger partial charge in [0.05, 0.1) is 6.54 Å². The van der Waals surface area contributed by atoms with Gasteiger partial charge in [-0.2, -0.15) is 0 Å². The monoisotopic (exact) mass is 328 g/mol. The summed E-state index contributed by atoms with van der Waals surface area (Å²) in [5.74, 6) is -1.15. The number of carboxylic acid groups (broad SMARTS) is 1. The molecule has 0 saturated carbocycles.